The van der Waals surface area contributed by atoms with Crippen LogP contribution in [0.1, 0.15) is 36.7 Å². The number of aromatic nitrogens is 4. The Hall–Kier alpha value is -3.67. The first kappa shape index (κ1) is 24.0. The molecule has 0 bridgehead atoms. The van der Waals surface area contributed by atoms with E-state index in [4.69, 9.17) is 21.3 Å². The third kappa shape index (κ3) is 4.99. The summed E-state index contributed by atoms with van der Waals surface area (Å²) >= 11 is 6.14. The number of aliphatic hydroxyl groups is 1. The molecule has 9 heteroatoms. The van der Waals surface area contributed by atoms with Crippen LogP contribution in [0.5, 0.6) is 5.75 Å². The fourth-order valence-corrected chi connectivity index (χ4v) is 4.47. The van der Waals surface area contributed by atoms with Gasteiger partial charge in [-0.3, -0.25) is 0 Å². The van der Waals surface area contributed by atoms with Crippen LogP contribution >= 0.6 is 11.6 Å². The van der Waals surface area contributed by atoms with E-state index in [1.54, 1.807) is 0 Å². The zero-order valence-electron chi connectivity index (χ0n) is 20.2. The molecule has 0 saturated heterocycles. The molecule has 0 unspecified atom stereocenters. The molecule has 4 aromatic rings. The van der Waals surface area contributed by atoms with Gasteiger partial charge in [-0.05, 0) is 62.4 Å². The standard InChI is InChI=1S/C27H27ClN6O2/c1-16-3-10-22(36-12-11-35)21(13-16)27-33-26-24(34(27)15-18-4-8-20(28)9-5-18)25(31-23(14-29)32-26)30-17(2)19-6-7-19/h3-5,8-10,13,17,19,35H,6-7,11-12,15H2,1-2H3,(H,30,31,32)/t17-/m1/s1. The van der Waals surface area contributed by atoms with Crippen LogP contribution in [0.15, 0.2) is 42.5 Å². The van der Waals surface area contributed by atoms with Crippen molar-refractivity contribution in [1.82, 2.24) is 19.5 Å². The number of ether oxygens (including phenoxy) is 1. The number of fused-ring (bicyclic) bond motifs is 1. The molecule has 1 saturated carbocycles. The van der Waals surface area contributed by atoms with E-state index in [1.807, 2.05) is 49.4 Å². The van der Waals surface area contributed by atoms with Crippen molar-refractivity contribution in [3.8, 4) is 23.2 Å². The summed E-state index contributed by atoms with van der Waals surface area (Å²) in [4.78, 5) is 13.9. The molecule has 36 heavy (non-hydrogen) atoms. The predicted octanol–water partition coefficient (Wildman–Crippen LogP) is 4.96. The lowest BCUT2D eigenvalue weighted by molar-refractivity contribution is 0.202. The molecule has 0 spiro atoms. The van der Waals surface area contributed by atoms with Crippen molar-refractivity contribution in [2.75, 3.05) is 18.5 Å². The van der Waals surface area contributed by atoms with Gasteiger partial charge in [-0.2, -0.15) is 15.2 Å². The molecule has 1 atom stereocenters. The van der Waals surface area contributed by atoms with Crippen molar-refractivity contribution in [3.63, 3.8) is 0 Å². The number of nitrogens with zero attached hydrogens (tertiary/aromatic N) is 5. The van der Waals surface area contributed by atoms with E-state index in [-0.39, 0.29) is 25.1 Å². The van der Waals surface area contributed by atoms with E-state index in [0.29, 0.717) is 40.5 Å². The predicted molar refractivity (Wildman–Crippen MR) is 139 cm³/mol. The summed E-state index contributed by atoms with van der Waals surface area (Å²) in [5, 5.41) is 23.2. The molecule has 1 fully saturated rings. The van der Waals surface area contributed by atoms with Crippen LogP contribution in [0.3, 0.4) is 0 Å². The highest BCUT2D eigenvalue weighted by molar-refractivity contribution is 6.30. The Bertz CT molecular complexity index is 1440. The number of halogens is 1. The van der Waals surface area contributed by atoms with Gasteiger partial charge in [0.25, 0.3) is 0 Å². The van der Waals surface area contributed by atoms with Crippen molar-refractivity contribution in [1.29, 1.82) is 5.26 Å². The number of benzene rings is 2. The number of anilines is 1. The first-order chi connectivity index (χ1) is 17.5. The van der Waals surface area contributed by atoms with Gasteiger partial charge in [0.15, 0.2) is 11.5 Å². The maximum absolute atomic E-state index is 9.62. The maximum atomic E-state index is 9.62. The van der Waals surface area contributed by atoms with Gasteiger partial charge < -0.3 is 19.7 Å². The minimum atomic E-state index is -0.0986. The van der Waals surface area contributed by atoms with E-state index in [9.17, 15) is 10.4 Å². The van der Waals surface area contributed by atoms with Crippen molar-refractivity contribution >= 4 is 28.6 Å². The molecule has 8 nitrogen and oxygen atoms in total. The van der Waals surface area contributed by atoms with Crippen molar-refractivity contribution in [2.24, 2.45) is 5.92 Å². The summed E-state index contributed by atoms with van der Waals surface area (Å²) in [6.07, 6.45) is 2.36. The molecule has 1 aliphatic carbocycles. The van der Waals surface area contributed by atoms with Crippen molar-refractivity contribution in [2.45, 2.75) is 39.3 Å². The summed E-state index contributed by atoms with van der Waals surface area (Å²) in [7, 11) is 0. The monoisotopic (exact) mass is 502 g/mol. The molecule has 0 aliphatic heterocycles. The lowest BCUT2D eigenvalue weighted by atomic mass is 10.1. The highest BCUT2D eigenvalue weighted by Crippen LogP contribution is 2.37. The topological polar surface area (TPSA) is 109 Å². The number of imidazole rings is 1. The van der Waals surface area contributed by atoms with Crippen molar-refractivity contribution < 1.29 is 9.84 Å². The van der Waals surface area contributed by atoms with Gasteiger partial charge in [-0.15, -0.1) is 0 Å². The Labute approximate surface area is 214 Å². The molecule has 184 valence electrons. The zero-order chi connectivity index (χ0) is 25.2. The SMILES string of the molecule is Cc1ccc(OCCO)c(-c2nc3nc(C#N)nc(N[C@H](C)C4CC4)c3n2Cc2ccc(Cl)cc2)c1. The number of nitriles is 1. The normalized spacial score (nSPS) is 14.0. The Morgan fingerprint density at radius 3 is 2.67 bits per heavy atom. The molecular weight excluding hydrogens is 476 g/mol. The van der Waals surface area contributed by atoms with Gasteiger partial charge in [0.05, 0.1) is 12.2 Å². The van der Waals surface area contributed by atoms with Crippen LogP contribution in [0.2, 0.25) is 5.02 Å². The van der Waals surface area contributed by atoms with E-state index in [2.05, 4.69) is 32.8 Å². The lowest BCUT2D eigenvalue weighted by Crippen LogP contribution is -2.19. The number of hydrogen-bond donors (Lipinski definition) is 2. The van der Waals surface area contributed by atoms with Crippen LogP contribution in [0.4, 0.5) is 5.82 Å². The highest BCUT2D eigenvalue weighted by atomic mass is 35.5. The quantitative estimate of drug-likeness (QED) is 0.333. The minimum Gasteiger partial charge on any atom is -0.490 e. The zero-order valence-corrected chi connectivity index (χ0v) is 21.0. The second-order valence-electron chi connectivity index (χ2n) is 9.17. The number of rotatable bonds is 9. The fourth-order valence-electron chi connectivity index (χ4n) is 4.35. The van der Waals surface area contributed by atoms with E-state index < -0.39 is 0 Å². The Balaban J connectivity index is 1.73. The largest absolute Gasteiger partial charge is 0.490 e. The maximum Gasteiger partial charge on any atom is 0.236 e. The molecule has 2 heterocycles. The van der Waals surface area contributed by atoms with E-state index in [1.165, 1.54) is 12.8 Å². The molecule has 2 aromatic carbocycles. The molecule has 0 radical (unpaired) electrons. The van der Waals surface area contributed by atoms with Crippen LogP contribution in [-0.4, -0.2) is 43.9 Å². The Kier molecular flexibility index (Phi) is 6.77. The highest BCUT2D eigenvalue weighted by Gasteiger charge is 2.30. The van der Waals surface area contributed by atoms with Gasteiger partial charge in [0.1, 0.15) is 29.8 Å². The molecular formula is C27H27ClN6O2. The molecule has 2 aromatic heterocycles. The Morgan fingerprint density at radius 2 is 1.97 bits per heavy atom. The van der Waals surface area contributed by atoms with Gasteiger partial charge in [0, 0.05) is 17.6 Å². The number of hydrogen-bond acceptors (Lipinski definition) is 7. The summed E-state index contributed by atoms with van der Waals surface area (Å²) in [5.41, 5.74) is 3.99. The van der Waals surface area contributed by atoms with E-state index >= 15 is 0 Å². The number of nitrogens with one attached hydrogen (secondary N) is 1. The molecule has 2 N–H and O–H groups in total. The lowest BCUT2D eigenvalue weighted by Gasteiger charge is -2.17. The molecule has 0 amide bonds. The first-order valence-electron chi connectivity index (χ1n) is 12.0. The Morgan fingerprint density at radius 1 is 1.19 bits per heavy atom. The smallest absolute Gasteiger partial charge is 0.236 e. The third-order valence-corrected chi connectivity index (χ3v) is 6.63. The van der Waals surface area contributed by atoms with Crippen LogP contribution in [0.25, 0.3) is 22.6 Å². The van der Waals surface area contributed by atoms with Gasteiger partial charge >= 0.3 is 0 Å². The van der Waals surface area contributed by atoms with Crippen LogP contribution in [-0.2, 0) is 6.54 Å². The number of aryl methyl sites for hydroxylation is 1. The van der Waals surface area contributed by atoms with Crippen LogP contribution < -0.4 is 10.1 Å². The number of aliphatic hydroxyl groups excluding tert-OH is 1. The molecule has 1 aliphatic rings. The summed E-state index contributed by atoms with van der Waals surface area (Å²) < 4.78 is 7.93. The minimum absolute atomic E-state index is 0.0664. The average molecular weight is 503 g/mol. The van der Waals surface area contributed by atoms with E-state index in [0.717, 1.165) is 22.2 Å². The summed E-state index contributed by atoms with van der Waals surface area (Å²) in [6, 6.07) is 15.8. The first-order valence-corrected chi connectivity index (χ1v) is 12.4. The second kappa shape index (κ2) is 10.1. The fraction of sp³-hybridized carbons (Fsp3) is 0.333. The van der Waals surface area contributed by atoms with Crippen LogP contribution in [0, 0.1) is 24.2 Å². The van der Waals surface area contributed by atoms with Gasteiger partial charge in [-0.25, -0.2) is 4.98 Å². The molecule has 5 rings (SSSR count). The third-order valence-electron chi connectivity index (χ3n) is 6.38. The second-order valence-corrected chi connectivity index (χ2v) is 9.61. The van der Waals surface area contributed by atoms with Gasteiger partial charge in [0.2, 0.25) is 5.82 Å². The van der Waals surface area contributed by atoms with Crippen molar-refractivity contribution in [3.05, 3.63) is 64.4 Å². The average Bonchev–Trinajstić information content (AvgIpc) is 3.67. The summed E-state index contributed by atoms with van der Waals surface area (Å²) in [5.74, 6) is 2.49. The van der Waals surface area contributed by atoms with Gasteiger partial charge in [-0.1, -0.05) is 35.4 Å². The summed E-state index contributed by atoms with van der Waals surface area (Å²) in [6.45, 7) is 4.69.